The second-order valence-electron chi connectivity index (χ2n) is 3.23. The minimum absolute atomic E-state index is 0.121. The Labute approximate surface area is 93.0 Å². The summed E-state index contributed by atoms with van der Waals surface area (Å²) >= 11 is 5.80. The average Bonchev–Trinajstić information content (AvgIpc) is 2.68. The zero-order valence-corrected chi connectivity index (χ0v) is 8.85. The summed E-state index contributed by atoms with van der Waals surface area (Å²) in [4.78, 5) is 4.24. The first kappa shape index (κ1) is 10.2. The van der Waals surface area contributed by atoms with Gasteiger partial charge in [-0.3, -0.25) is 0 Å². The maximum absolute atomic E-state index is 8.77. The zero-order chi connectivity index (χ0) is 10.7. The fourth-order valence-electron chi connectivity index (χ4n) is 1.37. The van der Waals surface area contributed by atoms with E-state index < -0.39 is 0 Å². The minimum Gasteiger partial charge on any atom is -0.395 e. The van der Waals surface area contributed by atoms with Gasteiger partial charge in [0.2, 0.25) is 0 Å². The average molecular weight is 223 g/mol. The van der Waals surface area contributed by atoms with Crippen LogP contribution in [0, 0.1) is 0 Å². The second-order valence-corrected chi connectivity index (χ2v) is 3.66. The first-order valence-corrected chi connectivity index (χ1v) is 5.06. The fraction of sp³-hybridized carbons (Fsp3) is 0.182. The van der Waals surface area contributed by atoms with E-state index in [1.807, 2.05) is 35.0 Å². The maximum Gasteiger partial charge on any atom is 0.0954 e. The minimum atomic E-state index is 0.121. The van der Waals surface area contributed by atoms with Crippen LogP contribution in [0.4, 0.5) is 0 Å². The third-order valence-corrected chi connectivity index (χ3v) is 2.38. The van der Waals surface area contributed by atoms with E-state index in [-0.39, 0.29) is 6.61 Å². The van der Waals surface area contributed by atoms with Crippen molar-refractivity contribution in [2.75, 3.05) is 6.61 Å². The maximum atomic E-state index is 8.77. The van der Waals surface area contributed by atoms with Crippen molar-refractivity contribution in [3.63, 3.8) is 0 Å². The van der Waals surface area contributed by atoms with Crippen LogP contribution in [0.25, 0.3) is 11.3 Å². The number of aliphatic hydroxyl groups is 1. The van der Waals surface area contributed by atoms with Crippen LogP contribution in [-0.4, -0.2) is 21.3 Å². The summed E-state index contributed by atoms with van der Waals surface area (Å²) < 4.78 is 1.85. The number of nitrogens with zero attached hydrogens (tertiary/aromatic N) is 2. The first-order chi connectivity index (χ1) is 7.29. The molecule has 0 aliphatic carbocycles. The molecule has 1 heterocycles. The van der Waals surface area contributed by atoms with Crippen LogP contribution in [0.3, 0.4) is 0 Å². The highest BCUT2D eigenvalue weighted by Gasteiger charge is 2.01. The van der Waals surface area contributed by atoms with E-state index in [4.69, 9.17) is 16.7 Å². The van der Waals surface area contributed by atoms with Crippen LogP contribution < -0.4 is 0 Å². The van der Waals surface area contributed by atoms with Crippen molar-refractivity contribution in [2.45, 2.75) is 6.54 Å². The number of halogens is 1. The van der Waals surface area contributed by atoms with Gasteiger partial charge in [-0.25, -0.2) is 4.98 Å². The molecular formula is C11H11ClN2O. The molecule has 0 aliphatic heterocycles. The Morgan fingerprint density at radius 2 is 2.00 bits per heavy atom. The standard InChI is InChI=1S/C11H11ClN2O/c12-10-3-1-9(2-4-10)11-7-14(5-6-15)8-13-11/h1-4,7-8,15H,5-6H2. The summed E-state index contributed by atoms with van der Waals surface area (Å²) in [6.07, 6.45) is 3.61. The van der Waals surface area contributed by atoms with Crippen LogP contribution >= 0.6 is 11.6 Å². The third kappa shape index (κ3) is 2.37. The normalized spacial score (nSPS) is 10.5. The summed E-state index contributed by atoms with van der Waals surface area (Å²) in [7, 11) is 0. The highest BCUT2D eigenvalue weighted by molar-refractivity contribution is 6.30. The van der Waals surface area contributed by atoms with Gasteiger partial charge in [0.05, 0.1) is 18.6 Å². The Balaban J connectivity index is 2.25. The number of hydrogen-bond donors (Lipinski definition) is 1. The molecule has 0 atom stereocenters. The van der Waals surface area contributed by atoms with Gasteiger partial charge in [-0.2, -0.15) is 0 Å². The smallest absolute Gasteiger partial charge is 0.0954 e. The fourth-order valence-corrected chi connectivity index (χ4v) is 1.49. The van der Waals surface area contributed by atoms with Crippen LogP contribution in [-0.2, 0) is 6.54 Å². The Hall–Kier alpha value is -1.32. The topological polar surface area (TPSA) is 38.0 Å². The van der Waals surface area contributed by atoms with Gasteiger partial charge < -0.3 is 9.67 Å². The van der Waals surface area contributed by atoms with Gasteiger partial charge in [0.25, 0.3) is 0 Å². The lowest BCUT2D eigenvalue weighted by Crippen LogP contribution is -1.97. The molecule has 1 N–H and O–H groups in total. The van der Waals surface area contributed by atoms with E-state index in [9.17, 15) is 0 Å². The lowest BCUT2D eigenvalue weighted by atomic mass is 10.2. The lowest BCUT2D eigenvalue weighted by molar-refractivity contribution is 0.276. The van der Waals surface area contributed by atoms with Crippen LogP contribution in [0.15, 0.2) is 36.8 Å². The van der Waals surface area contributed by atoms with Crippen LogP contribution in [0.2, 0.25) is 5.02 Å². The van der Waals surface area contributed by atoms with Crippen molar-refractivity contribution in [1.29, 1.82) is 0 Å². The van der Waals surface area contributed by atoms with E-state index in [2.05, 4.69) is 4.98 Å². The Morgan fingerprint density at radius 3 is 2.67 bits per heavy atom. The van der Waals surface area contributed by atoms with Gasteiger partial charge in [-0.05, 0) is 12.1 Å². The SMILES string of the molecule is OCCn1cnc(-c2ccc(Cl)cc2)c1. The van der Waals surface area contributed by atoms with E-state index >= 15 is 0 Å². The summed E-state index contributed by atoms with van der Waals surface area (Å²) in [6, 6.07) is 7.52. The van der Waals surface area contributed by atoms with Crippen molar-refractivity contribution in [3.8, 4) is 11.3 Å². The highest BCUT2D eigenvalue weighted by atomic mass is 35.5. The predicted octanol–water partition coefficient (Wildman–Crippen LogP) is 2.20. The number of aromatic nitrogens is 2. The van der Waals surface area contributed by atoms with Gasteiger partial charge in [0.15, 0.2) is 0 Å². The molecule has 0 aliphatic rings. The molecule has 0 fully saturated rings. The van der Waals surface area contributed by atoms with Crippen molar-refractivity contribution >= 4 is 11.6 Å². The Morgan fingerprint density at radius 1 is 1.27 bits per heavy atom. The number of imidazole rings is 1. The number of aliphatic hydroxyl groups excluding tert-OH is 1. The van der Waals surface area contributed by atoms with Crippen molar-refractivity contribution in [3.05, 3.63) is 41.8 Å². The molecule has 1 aromatic heterocycles. The second kappa shape index (κ2) is 4.47. The lowest BCUT2D eigenvalue weighted by Gasteiger charge is -1.97. The molecule has 4 heteroatoms. The first-order valence-electron chi connectivity index (χ1n) is 4.68. The predicted molar refractivity (Wildman–Crippen MR) is 59.8 cm³/mol. The van der Waals surface area contributed by atoms with Gasteiger partial charge in [-0.15, -0.1) is 0 Å². The molecular weight excluding hydrogens is 212 g/mol. The molecule has 1 aromatic carbocycles. The molecule has 0 saturated heterocycles. The molecule has 0 radical (unpaired) electrons. The van der Waals surface area contributed by atoms with Crippen molar-refractivity contribution in [2.24, 2.45) is 0 Å². The van der Waals surface area contributed by atoms with Gasteiger partial charge in [-0.1, -0.05) is 23.7 Å². The third-order valence-electron chi connectivity index (χ3n) is 2.13. The molecule has 0 unspecified atom stereocenters. The molecule has 15 heavy (non-hydrogen) atoms. The van der Waals surface area contributed by atoms with Gasteiger partial charge in [0.1, 0.15) is 0 Å². The molecule has 0 spiro atoms. The summed E-state index contributed by atoms with van der Waals surface area (Å²) in [5.41, 5.74) is 1.91. The monoisotopic (exact) mass is 222 g/mol. The molecule has 0 amide bonds. The van der Waals surface area contributed by atoms with Crippen LogP contribution in [0.5, 0.6) is 0 Å². The molecule has 0 saturated carbocycles. The summed E-state index contributed by atoms with van der Waals surface area (Å²) in [5.74, 6) is 0. The number of benzene rings is 1. The number of hydrogen-bond acceptors (Lipinski definition) is 2. The van der Waals surface area contributed by atoms with E-state index in [0.717, 1.165) is 11.3 Å². The van der Waals surface area contributed by atoms with Gasteiger partial charge >= 0.3 is 0 Å². The number of rotatable bonds is 3. The molecule has 0 bridgehead atoms. The Kier molecular flexibility index (Phi) is 3.04. The van der Waals surface area contributed by atoms with Gasteiger partial charge in [0, 0.05) is 23.3 Å². The van der Waals surface area contributed by atoms with E-state index in [0.29, 0.717) is 11.6 Å². The highest BCUT2D eigenvalue weighted by Crippen LogP contribution is 2.19. The molecule has 2 rings (SSSR count). The largest absolute Gasteiger partial charge is 0.395 e. The van der Waals surface area contributed by atoms with E-state index in [1.165, 1.54) is 0 Å². The molecule has 3 nitrogen and oxygen atoms in total. The van der Waals surface area contributed by atoms with Crippen LogP contribution in [0.1, 0.15) is 0 Å². The van der Waals surface area contributed by atoms with E-state index in [1.54, 1.807) is 6.33 Å². The Bertz CT molecular complexity index is 436. The summed E-state index contributed by atoms with van der Waals surface area (Å²) in [5, 5.41) is 9.49. The molecule has 2 aromatic rings. The quantitative estimate of drug-likeness (QED) is 0.865. The molecule has 78 valence electrons. The summed E-state index contributed by atoms with van der Waals surface area (Å²) in [6.45, 7) is 0.691. The van der Waals surface area contributed by atoms with Crippen molar-refractivity contribution < 1.29 is 5.11 Å². The zero-order valence-electron chi connectivity index (χ0n) is 8.10. The van der Waals surface area contributed by atoms with Crippen molar-refractivity contribution in [1.82, 2.24) is 9.55 Å².